The number of hydrogen-bond donors (Lipinski definition) is 1. The minimum absolute atomic E-state index is 0. The highest BCUT2D eigenvalue weighted by Gasteiger charge is 2.30. The number of thiazole rings is 1. The number of aryl methyl sites for hydroxylation is 2. The Labute approximate surface area is 148 Å². The Morgan fingerprint density at radius 3 is 2.52 bits per heavy atom. The molecule has 7 heteroatoms. The fraction of sp³-hybridized carbons (Fsp3) is 0.750. The van der Waals surface area contributed by atoms with Crippen LogP contribution >= 0.6 is 23.7 Å². The first-order valence-electron chi connectivity index (χ1n) is 8.25. The van der Waals surface area contributed by atoms with Gasteiger partial charge in [0.1, 0.15) is 0 Å². The molecular weight excluding hydrogens is 332 g/mol. The van der Waals surface area contributed by atoms with E-state index in [4.69, 9.17) is 0 Å². The molecule has 2 aliphatic heterocycles. The van der Waals surface area contributed by atoms with Gasteiger partial charge in [0.2, 0.25) is 5.91 Å². The van der Waals surface area contributed by atoms with Crippen molar-refractivity contribution >= 4 is 34.8 Å². The molecular formula is C16H27ClN4OS. The minimum Gasteiger partial charge on any atom is -0.345 e. The summed E-state index contributed by atoms with van der Waals surface area (Å²) >= 11 is 1.76. The molecule has 1 amide bonds. The van der Waals surface area contributed by atoms with Crippen molar-refractivity contribution in [2.24, 2.45) is 5.92 Å². The van der Waals surface area contributed by atoms with Crippen LogP contribution in [0.15, 0.2) is 0 Å². The van der Waals surface area contributed by atoms with Crippen molar-refractivity contribution in [1.29, 1.82) is 0 Å². The minimum atomic E-state index is 0. The number of nitrogens with zero attached hydrogens (tertiary/aromatic N) is 3. The van der Waals surface area contributed by atoms with Crippen LogP contribution in [0.5, 0.6) is 0 Å². The topological polar surface area (TPSA) is 48.5 Å². The molecule has 3 rings (SSSR count). The average molecular weight is 359 g/mol. The number of piperidine rings is 1. The van der Waals surface area contributed by atoms with Crippen molar-refractivity contribution < 1.29 is 4.79 Å². The third-order valence-electron chi connectivity index (χ3n) is 4.85. The second kappa shape index (κ2) is 7.81. The SMILES string of the molecule is Cc1nc(N2CCN(C(=O)[C@H]3CCN[C@@H](C)C3)CC2)sc1C.Cl. The van der Waals surface area contributed by atoms with Crippen LogP contribution in [0, 0.1) is 19.8 Å². The van der Waals surface area contributed by atoms with Crippen LogP contribution in [-0.2, 0) is 4.79 Å². The number of anilines is 1. The number of aromatic nitrogens is 1. The van der Waals surface area contributed by atoms with E-state index in [2.05, 4.69) is 40.9 Å². The number of piperazine rings is 1. The first-order chi connectivity index (χ1) is 10.5. The van der Waals surface area contributed by atoms with Crippen molar-refractivity contribution in [2.75, 3.05) is 37.6 Å². The summed E-state index contributed by atoms with van der Waals surface area (Å²) in [6.07, 6.45) is 1.96. The Morgan fingerprint density at radius 2 is 1.96 bits per heavy atom. The number of rotatable bonds is 2. The van der Waals surface area contributed by atoms with Crippen molar-refractivity contribution in [3.63, 3.8) is 0 Å². The molecule has 0 radical (unpaired) electrons. The van der Waals surface area contributed by atoms with Gasteiger partial charge in [0.15, 0.2) is 5.13 Å². The molecule has 2 fully saturated rings. The number of carbonyl (C=O) groups is 1. The Kier molecular flexibility index (Phi) is 6.28. The monoisotopic (exact) mass is 358 g/mol. The van der Waals surface area contributed by atoms with E-state index in [1.807, 2.05) is 0 Å². The molecule has 0 unspecified atom stereocenters. The number of amides is 1. The Balaban J connectivity index is 0.00000192. The zero-order valence-corrected chi connectivity index (χ0v) is 15.8. The normalized spacial score (nSPS) is 25.2. The Bertz CT molecular complexity index is 523. The number of carbonyl (C=O) groups excluding carboxylic acids is 1. The molecule has 1 N–H and O–H groups in total. The van der Waals surface area contributed by atoms with Crippen LogP contribution in [-0.4, -0.2) is 54.6 Å². The molecule has 1 aromatic heterocycles. The van der Waals surface area contributed by atoms with Crippen molar-refractivity contribution in [2.45, 2.75) is 39.7 Å². The molecule has 2 saturated heterocycles. The molecule has 0 aromatic carbocycles. The molecule has 130 valence electrons. The lowest BCUT2D eigenvalue weighted by molar-refractivity contribution is -0.137. The molecule has 1 aromatic rings. The summed E-state index contributed by atoms with van der Waals surface area (Å²) in [6, 6.07) is 0.463. The maximum Gasteiger partial charge on any atom is 0.225 e. The van der Waals surface area contributed by atoms with Crippen LogP contribution < -0.4 is 10.2 Å². The van der Waals surface area contributed by atoms with E-state index >= 15 is 0 Å². The maximum absolute atomic E-state index is 12.7. The number of hydrogen-bond acceptors (Lipinski definition) is 5. The predicted octanol–water partition coefficient (Wildman–Crippen LogP) is 2.22. The van der Waals surface area contributed by atoms with Crippen molar-refractivity contribution in [1.82, 2.24) is 15.2 Å². The maximum atomic E-state index is 12.7. The van der Waals surface area contributed by atoms with Crippen LogP contribution in [0.4, 0.5) is 5.13 Å². The standard InChI is InChI=1S/C16H26N4OS.ClH/c1-11-10-14(4-5-17-11)15(21)19-6-8-20(9-7-19)16-18-12(2)13(3)22-16;/h11,14,17H,4-10H2,1-3H3;1H/t11-,14-;/m0./s1. The molecule has 0 spiro atoms. The van der Waals surface area contributed by atoms with Gasteiger partial charge >= 0.3 is 0 Å². The van der Waals surface area contributed by atoms with Crippen LogP contribution in [0.3, 0.4) is 0 Å². The van der Waals surface area contributed by atoms with E-state index in [9.17, 15) is 4.79 Å². The third kappa shape index (κ3) is 4.17. The van der Waals surface area contributed by atoms with Crippen molar-refractivity contribution in [3.05, 3.63) is 10.6 Å². The van der Waals surface area contributed by atoms with E-state index in [1.54, 1.807) is 11.3 Å². The molecule has 3 heterocycles. The van der Waals surface area contributed by atoms with Gasteiger partial charge in [-0.2, -0.15) is 0 Å². The van der Waals surface area contributed by atoms with Gasteiger partial charge in [0.05, 0.1) is 5.69 Å². The quantitative estimate of drug-likeness (QED) is 0.880. The van der Waals surface area contributed by atoms with E-state index in [-0.39, 0.29) is 18.3 Å². The van der Waals surface area contributed by atoms with Gasteiger partial charge < -0.3 is 15.1 Å². The molecule has 23 heavy (non-hydrogen) atoms. The molecule has 0 saturated carbocycles. The third-order valence-corrected chi connectivity index (χ3v) is 5.99. The highest BCUT2D eigenvalue weighted by Crippen LogP contribution is 2.26. The Morgan fingerprint density at radius 1 is 1.26 bits per heavy atom. The fourth-order valence-corrected chi connectivity index (χ4v) is 4.29. The second-order valence-electron chi connectivity index (χ2n) is 6.53. The van der Waals surface area contributed by atoms with Gasteiger partial charge in [-0.1, -0.05) is 0 Å². The lowest BCUT2D eigenvalue weighted by Gasteiger charge is -2.38. The summed E-state index contributed by atoms with van der Waals surface area (Å²) in [5.41, 5.74) is 1.13. The summed E-state index contributed by atoms with van der Waals surface area (Å²) in [5.74, 6) is 0.576. The second-order valence-corrected chi connectivity index (χ2v) is 7.71. The van der Waals surface area contributed by atoms with Gasteiger partial charge in [-0.05, 0) is 40.2 Å². The first kappa shape index (κ1) is 18.5. The summed E-state index contributed by atoms with van der Waals surface area (Å²) < 4.78 is 0. The van der Waals surface area contributed by atoms with E-state index in [1.165, 1.54) is 4.88 Å². The number of nitrogens with one attached hydrogen (secondary N) is 1. The molecule has 0 bridgehead atoms. The van der Waals surface area contributed by atoms with E-state index in [0.717, 1.165) is 56.4 Å². The van der Waals surface area contributed by atoms with Gasteiger partial charge in [0, 0.05) is 43.0 Å². The number of halogens is 1. The summed E-state index contributed by atoms with van der Waals surface area (Å²) in [6.45, 7) is 10.8. The van der Waals surface area contributed by atoms with Gasteiger partial charge in [-0.25, -0.2) is 4.98 Å². The highest BCUT2D eigenvalue weighted by molar-refractivity contribution is 7.15. The predicted molar refractivity (Wildman–Crippen MR) is 97.8 cm³/mol. The first-order valence-corrected chi connectivity index (χ1v) is 9.07. The zero-order valence-electron chi connectivity index (χ0n) is 14.2. The van der Waals surface area contributed by atoms with E-state index < -0.39 is 0 Å². The van der Waals surface area contributed by atoms with Crippen molar-refractivity contribution in [3.8, 4) is 0 Å². The van der Waals surface area contributed by atoms with Crippen LogP contribution in [0.25, 0.3) is 0 Å². The molecule has 5 nitrogen and oxygen atoms in total. The summed E-state index contributed by atoms with van der Waals surface area (Å²) in [4.78, 5) is 23.0. The van der Waals surface area contributed by atoms with E-state index in [0.29, 0.717) is 11.9 Å². The lowest BCUT2D eigenvalue weighted by atomic mass is 9.92. The van der Waals surface area contributed by atoms with Crippen LogP contribution in [0.1, 0.15) is 30.3 Å². The summed E-state index contributed by atoms with van der Waals surface area (Å²) in [5, 5.41) is 4.53. The van der Waals surface area contributed by atoms with Gasteiger partial charge in [0.25, 0.3) is 0 Å². The molecule has 2 aliphatic rings. The Hall–Kier alpha value is -0.850. The smallest absolute Gasteiger partial charge is 0.225 e. The molecule has 0 aliphatic carbocycles. The van der Waals surface area contributed by atoms with Gasteiger partial charge in [-0.15, -0.1) is 23.7 Å². The largest absolute Gasteiger partial charge is 0.345 e. The van der Waals surface area contributed by atoms with Gasteiger partial charge in [-0.3, -0.25) is 4.79 Å². The van der Waals surface area contributed by atoms with Crippen LogP contribution in [0.2, 0.25) is 0 Å². The fourth-order valence-electron chi connectivity index (χ4n) is 3.32. The zero-order chi connectivity index (χ0) is 15.7. The average Bonchev–Trinajstić information content (AvgIpc) is 2.86. The highest BCUT2D eigenvalue weighted by atomic mass is 35.5. The summed E-state index contributed by atoms with van der Waals surface area (Å²) in [7, 11) is 0. The lowest BCUT2D eigenvalue weighted by Crippen LogP contribution is -2.52. The molecule has 2 atom stereocenters.